The summed E-state index contributed by atoms with van der Waals surface area (Å²) in [5, 5.41) is 14.9. The van der Waals surface area contributed by atoms with Gasteiger partial charge in [-0.05, 0) is 36.3 Å². The van der Waals surface area contributed by atoms with Gasteiger partial charge in [0, 0.05) is 6.42 Å². The summed E-state index contributed by atoms with van der Waals surface area (Å²) in [5.41, 5.74) is 1.12. The number of aliphatic hydroxyl groups is 1. The molecule has 0 spiro atoms. The number of alkyl carbamates (subject to hydrolysis) is 1. The van der Waals surface area contributed by atoms with Crippen LogP contribution in [0.4, 0.5) is 4.79 Å². The standard InChI is InChI=1S/C19H28N2O5S/c1-3-27-13-12-15(20-19(25)26-2)17(23)18(24)21-16(22)11-7-10-14-8-5-4-6-9-14/h4-6,8-9,15,17,23H,3,7,10-13H2,1-2H3,(H,20,25)(H,21,22,24)/t15-,17?/m1/s1. The molecule has 0 fully saturated rings. The van der Waals surface area contributed by atoms with Crippen molar-refractivity contribution in [3.8, 4) is 0 Å². The van der Waals surface area contributed by atoms with Gasteiger partial charge in [0.05, 0.1) is 13.2 Å². The molecule has 1 aromatic carbocycles. The number of carbonyl (C=O) groups is 3. The van der Waals surface area contributed by atoms with E-state index in [1.165, 1.54) is 7.11 Å². The van der Waals surface area contributed by atoms with Crippen LogP contribution < -0.4 is 10.6 Å². The Bertz CT molecular complexity index is 597. The van der Waals surface area contributed by atoms with Gasteiger partial charge >= 0.3 is 6.09 Å². The molecule has 2 atom stereocenters. The van der Waals surface area contributed by atoms with Crippen LogP contribution in [0.25, 0.3) is 0 Å². The summed E-state index contributed by atoms with van der Waals surface area (Å²) >= 11 is 1.62. The van der Waals surface area contributed by atoms with E-state index in [9.17, 15) is 19.5 Å². The van der Waals surface area contributed by atoms with Crippen molar-refractivity contribution < 1.29 is 24.2 Å². The van der Waals surface area contributed by atoms with E-state index in [1.54, 1.807) is 11.8 Å². The van der Waals surface area contributed by atoms with E-state index >= 15 is 0 Å². The molecule has 27 heavy (non-hydrogen) atoms. The molecule has 1 aromatic rings. The highest BCUT2D eigenvalue weighted by Crippen LogP contribution is 2.09. The highest BCUT2D eigenvalue weighted by molar-refractivity contribution is 7.99. The first kappa shape index (κ1) is 23.0. The van der Waals surface area contributed by atoms with Gasteiger partial charge in [0.25, 0.3) is 5.91 Å². The number of imide groups is 1. The Balaban J connectivity index is 2.47. The quantitative estimate of drug-likeness (QED) is 0.493. The van der Waals surface area contributed by atoms with Gasteiger partial charge in [-0.25, -0.2) is 4.79 Å². The molecule has 1 unspecified atom stereocenters. The molecule has 0 saturated carbocycles. The second-order valence-corrected chi connectivity index (χ2v) is 7.32. The van der Waals surface area contributed by atoms with Gasteiger partial charge in [-0.1, -0.05) is 37.3 Å². The number of methoxy groups -OCH3 is 1. The number of carbonyl (C=O) groups excluding carboxylic acids is 3. The van der Waals surface area contributed by atoms with Crippen molar-refractivity contribution in [2.24, 2.45) is 0 Å². The Labute approximate surface area is 164 Å². The molecular weight excluding hydrogens is 368 g/mol. The average Bonchev–Trinajstić information content (AvgIpc) is 2.67. The summed E-state index contributed by atoms with van der Waals surface area (Å²) in [5.74, 6) is 0.269. The zero-order valence-electron chi connectivity index (χ0n) is 15.8. The summed E-state index contributed by atoms with van der Waals surface area (Å²) < 4.78 is 4.53. The summed E-state index contributed by atoms with van der Waals surface area (Å²) in [6, 6.07) is 8.91. The third-order valence-corrected chi connectivity index (χ3v) is 4.82. The Morgan fingerprint density at radius 1 is 1.22 bits per heavy atom. The van der Waals surface area contributed by atoms with Gasteiger partial charge in [0.1, 0.15) is 0 Å². The van der Waals surface area contributed by atoms with Crippen molar-refractivity contribution in [1.82, 2.24) is 10.6 Å². The molecule has 0 saturated heterocycles. The molecule has 7 nitrogen and oxygen atoms in total. The SMILES string of the molecule is CCSCC[C@@H](NC(=O)OC)C(O)C(=O)NC(=O)CCCc1ccccc1. The Morgan fingerprint density at radius 2 is 1.93 bits per heavy atom. The van der Waals surface area contributed by atoms with E-state index in [1.807, 2.05) is 37.3 Å². The minimum absolute atomic E-state index is 0.175. The lowest BCUT2D eigenvalue weighted by atomic mass is 10.1. The number of amides is 3. The van der Waals surface area contributed by atoms with E-state index < -0.39 is 30.1 Å². The topological polar surface area (TPSA) is 105 Å². The van der Waals surface area contributed by atoms with Crippen molar-refractivity contribution >= 4 is 29.7 Å². The third kappa shape index (κ3) is 9.44. The van der Waals surface area contributed by atoms with Crippen LogP contribution in [-0.2, 0) is 20.7 Å². The third-order valence-electron chi connectivity index (χ3n) is 3.89. The number of hydrogen-bond donors (Lipinski definition) is 3. The smallest absolute Gasteiger partial charge is 0.407 e. The van der Waals surface area contributed by atoms with Crippen LogP contribution in [0.3, 0.4) is 0 Å². The van der Waals surface area contributed by atoms with Crippen LogP contribution in [0, 0.1) is 0 Å². The van der Waals surface area contributed by atoms with E-state index in [0.29, 0.717) is 18.6 Å². The van der Waals surface area contributed by atoms with Crippen molar-refractivity contribution in [3.63, 3.8) is 0 Å². The van der Waals surface area contributed by atoms with Crippen LogP contribution in [0.5, 0.6) is 0 Å². The molecule has 0 aromatic heterocycles. The lowest BCUT2D eigenvalue weighted by Crippen LogP contribution is -2.52. The molecule has 0 heterocycles. The molecule has 8 heteroatoms. The fourth-order valence-electron chi connectivity index (χ4n) is 2.43. The molecule has 3 N–H and O–H groups in total. The highest BCUT2D eigenvalue weighted by atomic mass is 32.2. The van der Waals surface area contributed by atoms with Crippen molar-refractivity contribution in [2.75, 3.05) is 18.6 Å². The second kappa shape index (κ2) is 13.2. The van der Waals surface area contributed by atoms with Crippen LogP contribution in [0.2, 0.25) is 0 Å². The zero-order valence-corrected chi connectivity index (χ0v) is 16.6. The second-order valence-electron chi connectivity index (χ2n) is 5.92. The van der Waals surface area contributed by atoms with Gasteiger partial charge in [-0.2, -0.15) is 11.8 Å². The summed E-state index contributed by atoms with van der Waals surface area (Å²) in [4.78, 5) is 35.5. The van der Waals surface area contributed by atoms with Crippen LogP contribution in [0.1, 0.15) is 31.7 Å². The minimum Gasteiger partial charge on any atom is -0.453 e. The summed E-state index contributed by atoms with van der Waals surface area (Å²) in [6.07, 6.45) is -0.386. The van der Waals surface area contributed by atoms with Crippen LogP contribution >= 0.6 is 11.8 Å². The maximum absolute atomic E-state index is 12.1. The number of thioether (sulfide) groups is 1. The fourth-order valence-corrected chi connectivity index (χ4v) is 3.14. The number of ether oxygens (including phenoxy) is 1. The monoisotopic (exact) mass is 396 g/mol. The number of benzene rings is 1. The number of rotatable bonds is 11. The van der Waals surface area contributed by atoms with Gasteiger partial charge in [-0.3, -0.25) is 14.9 Å². The van der Waals surface area contributed by atoms with Crippen molar-refractivity contribution in [1.29, 1.82) is 0 Å². The first-order valence-corrected chi connectivity index (χ1v) is 10.1. The van der Waals surface area contributed by atoms with Crippen LogP contribution in [0.15, 0.2) is 30.3 Å². The first-order chi connectivity index (χ1) is 13.0. The van der Waals surface area contributed by atoms with Gasteiger partial charge in [0.2, 0.25) is 5.91 Å². The molecule has 0 aliphatic carbocycles. The maximum Gasteiger partial charge on any atom is 0.407 e. The predicted molar refractivity (Wildman–Crippen MR) is 105 cm³/mol. The van der Waals surface area contributed by atoms with Crippen molar-refractivity contribution in [3.05, 3.63) is 35.9 Å². The summed E-state index contributed by atoms with van der Waals surface area (Å²) in [7, 11) is 1.20. The highest BCUT2D eigenvalue weighted by Gasteiger charge is 2.28. The normalized spacial score (nSPS) is 12.7. The van der Waals surface area contributed by atoms with Gasteiger partial charge < -0.3 is 15.2 Å². The number of hydrogen-bond acceptors (Lipinski definition) is 6. The van der Waals surface area contributed by atoms with Crippen LogP contribution in [-0.4, -0.2) is 53.8 Å². The molecule has 0 radical (unpaired) electrons. The zero-order chi connectivity index (χ0) is 20.1. The first-order valence-electron chi connectivity index (χ1n) is 8.95. The fraction of sp³-hybridized carbons (Fsp3) is 0.526. The molecule has 0 bridgehead atoms. The van der Waals surface area contributed by atoms with E-state index in [-0.39, 0.29) is 6.42 Å². The Morgan fingerprint density at radius 3 is 2.56 bits per heavy atom. The molecule has 150 valence electrons. The van der Waals surface area contributed by atoms with Gasteiger partial charge in [0.15, 0.2) is 6.10 Å². The maximum atomic E-state index is 12.1. The molecule has 0 aliphatic heterocycles. The lowest BCUT2D eigenvalue weighted by molar-refractivity contribution is -0.136. The number of nitrogens with one attached hydrogen (secondary N) is 2. The number of aliphatic hydroxyl groups excluding tert-OH is 1. The average molecular weight is 397 g/mol. The minimum atomic E-state index is -1.53. The lowest BCUT2D eigenvalue weighted by Gasteiger charge is -2.22. The molecule has 0 aliphatic rings. The number of aryl methyl sites for hydroxylation is 1. The van der Waals surface area contributed by atoms with E-state index in [4.69, 9.17) is 0 Å². The summed E-state index contributed by atoms with van der Waals surface area (Å²) in [6.45, 7) is 1.99. The predicted octanol–water partition coefficient (Wildman–Crippen LogP) is 1.88. The molecular formula is C19H28N2O5S. The molecule has 1 rings (SSSR count). The molecule has 3 amide bonds. The van der Waals surface area contributed by atoms with E-state index in [2.05, 4.69) is 15.4 Å². The largest absolute Gasteiger partial charge is 0.453 e. The Hall–Kier alpha value is -2.06. The Kier molecular flexibility index (Phi) is 11.2. The van der Waals surface area contributed by atoms with Gasteiger partial charge in [-0.15, -0.1) is 0 Å². The van der Waals surface area contributed by atoms with E-state index in [0.717, 1.165) is 17.7 Å². The van der Waals surface area contributed by atoms with Crippen molar-refractivity contribution in [2.45, 2.75) is 44.8 Å².